The van der Waals surface area contributed by atoms with Crippen LogP contribution in [0.25, 0.3) is 0 Å². The maximum Gasteiger partial charge on any atom is 0.154 e. The largest absolute Gasteiger partial charge is 0.379 e. The van der Waals surface area contributed by atoms with E-state index < -0.39 is 0 Å². The molecule has 0 bridgehead atoms. The lowest BCUT2D eigenvalue weighted by Gasteiger charge is -2.34. The molecule has 7 heteroatoms. The second kappa shape index (κ2) is 5.79. The molecule has 2 aliphatic rings. The van der Waals surface area contributed by atoms with Crippen LogP contribution in [-0.2, 0) is 5.54 Å². The third kappa shape index (κ3) is 2.61. The summed E-state index contributed by atoms with van der Waals surface area (Å²) in [5.41, 5.74) is 6.98. The van der Waals surface area contributed by atoms with E-state index in [4.69, 9.17) is 10.7 Å². The minimum Gasteiger partial charge on any atom is -0.379 e. The highest BCUT2D eigenvalue weighted by Gasteiger charge is 2.50. The first kappa shape index (κ1) is 15.0. The van der Waals surface area contributed by atoms with Crippen molar-refractivity contribution in [1.82, 2.24) is 9.97 Å². The van der Waals surface area contributed by atoms with Gasteiger partial charge in [0.1, 0.15) is 11.4 Å². The van der Waals surface area contributed by atoms with E-state index in [0.29, 0.717) is 11.1 Å². The summed E-state index contributed by atoms with van der Waals surface area (Å²) in [4.78, 5) is 15.8. The highest BCUT2D eigenvalue weighted by molar-refractivity contribution is 9.10. The van der Waals surface area contributed by atoms with Gasteiger partial charge in [0, 0.05) is 41.6 Å². The number of thioether (sulfide) groups is 1. The fourth-order valence-electron chi connectivity index (χ4n) is 3.41. The Kier molecular flexibility index (Phi) is 3.77. The predicted molar refractivity (Wildman–Crippen MR) is 97.6 cm³/mol. The van der Waals surface area contributed by atoms with E-state index in [9.17, 15) is 0 Å². The number of halogens is 1. The van der Waals surface area contributed by atoms with Crippen molar-refractivity contribution in [1.29, 1.82) is 0 Å². The van der Waals surface area contributed by atoms with Gasteiger partial charge >= 0.3 is 0 Å². The number of hydrogen-bond donors (Lipinski definition) is 1. The van der Waals surface area contributed by atoms with Gasteiger partial charge < -0.3 is 10.6 Å². The highest BCUT2D eigenvalue weighted by atomic mass is 79.9. The molecule has 1 aromatic carbocycles. The fraction of sp³-hybridized carbons (Fsp3) is 0.312. The van der Waals surface area contributed by atoms with E-state index in [-0.39, 0.29) is 5.54 Å². The Morgan fingerprint density at radius 1 is 1.35 bits per heavy atom. The average Bonchev–Trinajstić information content (AvgIpc) is 2.96. The Morgan fingerprint density at radius 3 is 3.04 bits per heavy atom. The van der Waals surface area contributed by atoms with Crippen molar-refractivity contribution in [2.24, 2.45) is 16.6 Å². The summed E-state index contributed by atoms with van der Waals surface area (Å²) in [6, 6.07) is 8.39. The van der Waals surface area contributed by atoms with Crippen molar-refractivity contribution in [2.45, 2.75) is 5.54 Å². The molecule has 118 valence electrons. The van der Waals surface area contributed by atoms with Gasteiger partial charge in [-0.3, -0.25) is 4.98 Å². The van der Waals surface area contributed by atoms with Crippen LogP contribution in [0.15, 0.2) is 52.3 Å². The topological polar surface area (TPSA) is 67.4 Å². The molecule has 5 nitrogen and oxygen atoms in total. The van der Waals surface area contributed by atoms with Crippen molar-refractivity contribution >= 4 is 38.7 Å². The molecule has 0 amide bonds. The molecule has 2 atom stereocenters. The number of nitrogens with two attached hydrogens (primary N) is 1. The maximum absolute atomic E-state index is 6.09. The molecule has 0 spiro atoms. The first-order valence-electron chi connectivity index (χ1n) is 7.42. The maximum atomic E-state index is 6.09. The molecule has 1 aromatic heterocycles. The van der Waals surface area contributed by atoms with E-state index in [1.807, 2.05) is 12.3 Å². The van der Waals surface area contributed by atoms with Crippen LogP contribution in [0.2, 0.25) is 0 Å². The van der Waals surface area contributed by atoms with E-state index in [2.05, 4.69) is 49.0 Å². The van der Waals surface area contributed by atoms with Crippen LogP contribution in [0.5, 0.6) is 0 Å². The van der Waals surface area contributed by atoms with Gasteiger partial charge in [-0.2, -0.15) is 0 Å². The molecule has 3 heterocycles. The molecule has 2 N–H and O–H groups in total. The number of fused-ring (bicyclic) bond motifs is 1. The number of benzene rings is 1. The molecular weight excluding hydrogens is 374 g/mol. The molecule has 0 aliphatic carbocycles. The Bertz CT molecular complexity index is 753. The van der Waals surface area contributed by atoms with Crippen molar-refractivity contribution in [3.05, 3.63) is 52.9 Å². The van der Waals surface area contributed by atoms with Crippen molar-refractivity contribution < 1.29 is 0 Å². The minimum absolute atomic E-state index is 0.309. The zero-order valence-corrected chi connectivity index (χ0v) is 14.8. The smallest absolute Gasteiger partial charge is 0.154 e. The monoisotopic (exact) mass is 389 g/mol. The SMILES string of the molecule is NC1=N[C@@]2(c3cccc(Br)c3)CN(c3cnccn3)C[C@H]2CS1. The first-order valence-corrected chi connectivity index (χ1v) is 9.20. The molecule has 23 heavy (non-hydrogen) atoms. The first-order chi connectivity index (χ1) is 11.2. The summed E-state index contributed by atoms with van der Waals surface area (Å²) >= 11 is 5.22. The summed E-state index contributed by atoms with van der Waals surface area (Å²) < 4.78 is 1.06. The van der Waals surface area contributed by atoms with Crippen LogP contribution in [0.1, 0.15) is 5.56 Å². The molecular formula is C16H16BrN5S. The fourth-order valence-corrected chi connectivity index (χ4v) is 4.79. The van der Waals surface area contributed by atoms with Crippen LogP contribution in [0.3, 0.4) is 0 Å². The number of amidine groups is 1. The van der Waals surface area contributed by atoms with Crippen molar-refractivity contribution in [2.75, 3.05) is 23.7 Å². The zero-order valence-electron chi connectivity index (χ0n) is 12.4. The second-order valence-electron chi connectivity index (χ2n) is 5.84. The summed E-state index contributed by atoms with van der Waals surface area (Å²) in [5, 5.41) is 0.669. The van der Waals surface area contributed by atoms with E-state index in [1.54, 1.807) is 24.2 Å². The lowest BCUT2D eigenvalue weighted by atomic mass is 9.82. The minimum atomic E-state index is -0.309. The number of aromatic nitrogens is 2. The number of hydrogen-bond acceptors (Lipinski definition) is 6. The lowest BCUT2D eigenvalue weighted by Crippen LogP contribution is -2.40. The van der Waals surface area contributed by atoms with Gasteiger partial charge in [0.2, 0.25) is 0 Å². The molecule has 0 radical (unpaired) electrons. The molecule has 1 fully saturated rings. The predicted octanol–water partition coefficient (Wildman–Crippen LogP) is 2.63. The summed E-state index contributed by atoms with van der Waals surface area (Å²) in [6.45, 7) is 1.68. The third-order valence-electron chi connectivity index (χ3n) is 4.49. The molecule has 0 saturated carbocycles. The van der Waals surface area contributed by atoms with Crippen molar-refractivity contribution in [3.8, 4) is 0 Å². The van der Waals surface area contributed by atoms with Gasteiger partial charge in [0.05, 0.1) is 6.20 Å². The summed E-state index contributed by atoms with van der Waals surface area (Å²) in [5.74, 6) is 2.27. The molecule has 2 aromatic rings. The van der Waals surface area contributed by atoms with E-state index in [1.165, 1.54) is 5.56 Å². The van der Waals surface area contributed by atoms with Gasteiger partial charge in [0.15, 0.2) is 5.17 Å². The number of rotatable bonds is 2. The normalized spacial score (nSPS) is 26.7. The lowest BCUT2D eigenvalue weighted by molar-refractivity contribution is 0.387. The quantitative estimate of drug-likeness (QED) is 0.854. The van der Waals surface area contributed by atoms with E-state index >= 15 is 0 Å². The summed E-state index contributed by atoms with van der Waals surface area (Å²) in [6.07, 6.45) is 5.24. The Labute approximate surface area is 147 Å². The van der Waals surface area contributed by atoms with Gasteiger partial charge in [0.25, 0.3) is 0 Å². The summed E-state index contributed by atoms with van der Waals surface area (Å²) in [7, 11) is 0. The molecule has 2 aliphatic heterocycles. The standard InChI is InChI=1S/C16H16BrN5S/c17-13-3-1-2-11(6-13)16-10-22(14-7-19-4-5-20-14)8-12(16)9-23-15(18)21-16/h1-7,12H,8-10H2,(H2,18,21)/t12-,16+/m0/s1. The highest BCUT2D eigenvalue weighted by Crippen LogP contribution is 2.46. The van der Waals surface area contributed by atoms with Crippen molar-refractivity contribution in [3.63, 3.8) is 0 Å². The Balaban J connectivity index is 1.78. The third-order valence-corrected chi connectivity index (χ3v) is 5.94. The van der Waals surface area contributed by atoms with E-state index in [0.717, 1.165) is 29.1 Å². The number of aliphatic imine (C=N–C) groups is 1. The molecule has 0 unspecified atom stereocenters. The zero-order chi connectivity index (χ0) is 15.9. The van der Waals surface area contributed by atoms with Crippen LogP contribution in [0.4, 0.5) is 5.82 Å². The Morgan fingerprint density at radius 2 is 2.26 bits per heavy atom. The van der Waals surface area contributed by atoms with Crippen LogP contribution in [0, 0.1) is 5.92 Å². The van der Waals surface area contributed by atoms with Crippen LogP contribution in [-0.4, -0.2) is 34.0 Å². The number of nitrogens with zero attached hydrogens (tertiary/aromatic N) is 4. The Hall–Kier alpha value is -1.60. The van der Waals surface area contributed by atoms with Gasteiger partial charge in [-0.1, -0.05) is 39.8 Å². The van der Waals surface area contributed by atoms with Crippen LogP contribution >= 0.6 is 27.7 Å². The van der Waals surface area contributed by atoms with Gasteiger partial charge in [-0.15, -0.1) is 0 Å². The van der Waals surface area contributed by atoms with Gasteiger partial charge in [-0.05, 0) is 17.7 Å². The van der Waals surface area contributed by atoms with Gasteiger partial charge in [-0.25, -0.2) is 9.98 Å². The molecule has 1 saturated heterocycles. The number of anilines is 1. The molecule has 4 rings (SSSR count). The van der Waals surface area contributed by atoms with Crippen LogP contribution < -0.4 is 10.6 Å². The average molecular weight is 390 g/mol. The second-order valence-corrected chi connectivity index (χ2v) is 7.79.